The first-order chi connectivity index (χ1) is 11.1. The van der Waals surface area contributed by atoms with Gasteiger partial charge in [-0.25, -0.2) is 0 Å². The summed E-state index contributed by atoms with van der Waals surface area (Å²) >= 11 is 1.45. The van der Waals surface area contributed by atoms with Crippen LogP contribution >= 0.6 is 11.3 Å². The first-order valence-corrected chi connectivity index (χ1v) is 8.44. The molecule has 1 aromatic heterocycles. The monoisotopic (exact) mass is 330 g/mol. The van der Waals surface area contributed by atoms with Gasteiger partial charge in [0.05, 0.1) is 4.88 Å². The number of likely N-dealkylation sites (tertiary alicyclic amines) is 1. The normalized spacial score (nSPS) is 15.4. The number of carbonyl (C=O) groups is 2. The van der Waals surface area contributed by atoms with Crippen molar-refractivity contribution in [1.29, 1.82) is 0 Å². The van der Waals surface area contributed by atoms with E-state index < -0.39 is 0 Å². The maximum Gasteiger partial charge on any atom is 0.263 e. The summed E-state index contributed by atoms with van der Waals surface area (Å²) in [5.41, 5.74) is 0.446. The smallest absolute Gasteiger partial charge is 0.263 e. The van der Waals surface area contributed by atoms with E-state index in [2.05, 4.69) is 5.32 Å². The number of phenols is 1. The summed E-state index contributed by atoms with van der Waals surface area (Å²) in [7, 11) is 0. The molecular weight excluding hydrogens is 312 g/mol. The molecule has 1 aliphatic heterocycles. The highest BCUT2D eigenvalue weighted by molar-refractivity contribution is 7.12. The third kappa shape index (κ3) is 3.71. The second kappa shape index (κ2) is 6.83. The molecule has 0 radical (unpaired) electrons. The van der Waals surface area contributed by atoms with E-state index in [1.165, 1.54) is 23.5 Å². The predicted octanol–water partition coefficient (Wildman–Crippen LogP) is 2.49. The van der Waals surface area contributed by atoms with Crippen LogP contribution in [0.4, 0.5) is 0 Å². The first-order valence-electron chi connectivity index (χ1n) is 7.56. The van der Waals surface area contributed by atoms with Crippen molar-refractivity contribution in [2.24, 2.45) is 0 Å². The van der Waals surface area contributed by atoms with Crippen LogP contribution in [0.2, 0.25) is 0 Å². The lowest BCUT2D eigenvalue weighted by molar-refractivity contribution is 0.0702. The van der Waals surface area contributed by atoms with Crippen molar-refractivity contribution < 1.29 is 14.7 Å². The summed E-state index contributed by atoms with van der Waals surface area (Å²) in [6.45, 7) is 1.28. The maximum atomic E-state index is 12.3. The molecule has 2 amide bonds. The van der Waals surface area contributed by atoms with Gasteiger partial charge in [0.1, 0.15) is 5.75 Å². The Hall–Kier alpha value is -2.34. The molecule has 2 N–H and O–H groups in total. The van der Waals surface area contributed by atoms with E-state index in [0.717, 1.165) is 17.7 Å². The molecule has 0 atom stereocenters. The van der Waals surface area contributed by atoms with Crippen molar-refractivity contribution in [2.75, 3.05) is 13.1 Å². The van der Waals surface area contributed by atoms with Gasteiger partial charge < -0.3 is 15.3 Å². The number of nitrogens with one attached hydrogen (secondary N) is 1. The van der Waals surface area contributed by atoms with E-state index in [4.69, 9.17) is 0 Å². The molecule has 1 aliphatic rings. The van der Waals surface area contributed by atoms with Crippen LogP contribution in [0.1, 0.15) is 32.9 Å². The number of carbonyl (C=O) groups excluding carboxylic acids is 2. The van der Waals surface area contributed by atoms with Gasteiger partial charge in [-0.05, 0) is 42.5 Å². The van der Waals surface area contributed by atoms with Crippen molar-refractivity contribution >= 4 is 23.2 Å². The Kier molecular flexibility index (Phi) is 4.62. The zero-order valence-corrected chi connectivity index (χ0v) is 13.4. The minimum Gasteiger partial charge on any atom is -0.508 e. The Morgan fingerprint density at radius 3 is 2.61 bits per heavy atom. The number of rotatable bonds is 3. The average Bonchev–Trinajstić information content (AvgIpc) is 3.09. The Morgan fingerprint density at radius 1 is 1.17 bits per heavy atom. The first kappa shape index (κ1) is 15.6. The molecule has 0 bridgehead atoms. The van der Waals surface area contributed by atoms with Gasteiger partial charge in [-0.2, -0.15) is 0 Å². The van der Waals surface area contributed by atoms with E-state index in [0.29, 0.717) is 18.7 Å². The van der Waals surface area contributed by atoms with Crippen molar-refractivity contribution in [3.05, 3.63) is 52.2 Å². The highest BCUT2D eigenvalue weighted by atomic mass is 32.1. The summed E-state index contributed by atoms with van der Waals surface area (Å²) < 4.78 is 0. The largest absolute Gasteiger partial charge is 0.508 e. The number of aromatic hydroxyl groups is 1. The number of hydrogen-bond acceptors (Lipinski definition) is 4. The zero-order valence-electron chi connectivity index (χ0n) is 12.6. The third-order valence-electron chi connectivity index (χ3n) is 3.96. The number of amides is 2. The van der Waals surface area contributed by atoms with Gasteiger partial charge in [-0.1, -0.05) is 12.1 Å². The number of nitrogens with zero attached hydrogens (tertiary/aromatic N) is 1. The van der Waals surface area contributed by atoms with Gasteiger partial charge in [-0.3, -0.25) is 9.59 Å². The molecule has 0 spiro atoms. The molecular formula is C17H18N2O3S. The SMILES string of the molecule is O=C(NC1CCN(C(=O)c2cccs2)CC1)c1cccc(O)c1. The molecule has 0 unspecified atom stereocenters. The van der Waals surface area contributed by atoms with E-state index in [9.17, 15) is 14.7 Å². The Morgan fingerprint density at radius 2 is 1.96 bits per heavy atom. The molecule has 2 heterocycles. The summed E-state index contributed by atoms with van der Waals surface area (Å²) in [6, 6.07) is 10.1. The van der Waals surface area contributed by atoms with Crippen LogP contribution in [0.25, 0.3) is 0 Å². The minimum atomic E-state index is -0.191. The van der Waals surface area contributed by atoms with Crippen LogP contribution in [0, 0.1) is 0 Å². The van der Waals surface area contributed by atoms with Gasteiger partial charge in [0.25, 0.3) is 11.8 Å². The number of thiophene rings is 1. The lowest BCUT2D eigenvalue weighted by atomic mass is 10.0. The molecule has 23 heavy (non-hydrogen) atoms. The lowest BCUT2D eigenvalue weighted by Gasteiger charge is -2.32. The van der Waals surface area contributed by atoms with Crippen LogP contribution in [0.15, 0.2) is 41.8 Å². The minimum absolute atomic E-state index is 0.0530. The molecule has 1 aromatic carbocycles. The maximum absolute atomic E-state index is 12.3. The molecule has 1 fully saturated rings. The number of hydrogen-bond donors (Lipinski definition) is 2. The molecule has 2 aromatic rings. The van der Waals surface area contributed by atoms with E-state index >= 15 is 0 Å². The van der Waals surface area contributed by atoms with Crippen molar-refractivity contribution in [2.45, 2.75) is 18.9 Å². The van der Waals surface area contributed by atoms with E-state index in [1.54, 1.807) is 12.1 Å². The fourth-order valence-electron chi connectivity index (χ4n) is 2.70. The number of piperidine rings is 1. The second-order valence-electron chi connectivity index (χ2n) is 5.57. The van der Waals surface area contributed by atoms with Gasteiger partial charge in [0, 0.05) is 24.7 Å². The number of phenolic OH excluding ortho intramolecular Hbond substituents is 1. The lowest BCUT2D eigenvalue weighted by Crippen LogP contribution is -2.46. The van der Waals surface area contributed by atoms with E-state index in [1.807, 2.05) is 22.4 Å². The fraction of sp³-hybridized carbons (Fsp3) is 0.294. The van der Waals surface area contributed by atoms with Crippen molar-refractivity contribution in [1.82, 2.24) is 10.2 Å². The quantitative estimate of drug-likeness (QED) is 0.908. The predicted molar refractivity (Wildman–Crippen MR) is 88.8 cm³/mol. The summed E-state index contributed by atoms with van der Waals surface area (Å²) in [4.78, 5) is 27.0. The number of benzene rings is 1. The molecule has 6 heteroatoms. The Labute approximate surface area is 138 Å². The summed E-state index contributed by atoms with van der Waals surface area (Å²) in [6.07, 6.45) is 1.48. The van der Waals surface area contributed by atoms with Gasteiger partial charge in [-0.15, -0.1) is 11.3 Å². The topological polar surface area (TPSA) is 69.6 Å². The standard InChI is InChI=1S/C17H18N2O3S/c20-14-4-1-3-12(11-14)16(21)18-13-6-8-19(9-7-13)17(22)15-5-2-10-23-15/h1-5,10-11,13,20H,6-9H2,(H,18,21). The summed E-state index contributed by atoms with van der Waals surface area (Å²) in [5.74, 6) is -0.0456. The fourth-order valence-corrected chi connectivity index (χ4v) is 3.39. The molecule has 3 rings (SSSR count). The molecule has 0 saturated carbocycles. The van der Waals surface area contributed by atoms with Gasteiger partial charge >= 0.3 is 0 Å². The zero-order chi connectivity index (χ0) is 16.2. The average molecular weight is 330 g/mol. The van der Waals surface area contributed by atoms with Crippen LogP contribution in [-0.4, -0.2) is 41.0 Å². The molecule has 120 valence electrons. The highest BCUT2D eigenvalue weighted by Crippen LogP contribution is 2.18. The van der Waals surface area contributed by atoms with Crippen molar-refractivity contribution in [3.8, 4) is 5.75 Å². The molecule has 5 nitrogen and oxygen atoms in total. The second-order valence-corrected chi connectivity index (χ2v) is 6.52. The van der Waals surface area contributed by atoms with Crippen LogP contribution < -0.4 is 5.32 Å². The van der Waals surface area contributed by atoms with Gasteiger partial charge in [0.15, 0.2) is 0 Å². The Bertz CT molecular complexity index is 692. The molecule has 0 aliphatic carbocycles. The highest BCUT2D eigenvalue weighted by Gasteiger charge is 2.25. The third-order valence-corrected chi connectivity index (χ3v) is 4.82. The van der Waals surface area contributed by atoms with Gasteiger partial charge in [0.2, 0.25) is 0 Å². The van der Waals surface area contributed by atoms with Crippen LogP contribution in [0.3, 0.4) is 0 Å². The molecule has 1 saturated heterocycles. The van der Waals surface area contributed by atoms with Crippen molar-refractivity contribution in [3.63, 3.8) is 0 Å². The van der Waals surface area contributed by atoms with Crippen LogP contribution in [-0.2, 0) is 0 Å². The van der Waals surface area contributed by atoms with E-state index in [-0.39, 0.29) is 23.6 Å². The van der Waals surface area contributed by atoms with Crippen LogP contribution in [0.5, 0.6) is 5.75 Å². The summed E-state index contributed by atoms with van der Waals surface area (Å²) in [5, 5.41) is 14.3. The Balaban J connectivity index is 1.53.